The van der Waals surface area contributed by atoms with Crippen LogP contribution in [0.2, 0.25) is 0 Å². The van der Waals surface area contributed by atoms with Crippen molar-refractivity contribution in [1.82, 2.24) is 0 Å². The van der Waals surface area contributed by atoms with E-state index in [2.05, 4.69) is 109 Å². The second kappa shape index (κ2) is 8.79. The van der Waals surface area contributed by atoms with E-state index in [9.17, 15) is 0 Å². The third-order valence-corrected chi connectivity index (χ3v) is 8.42. The summed E-state index contributed by atoms with van der Waals surface area (Å²) < 4.78 is 19.5. The number of para-hydroxylation sites is 2. The highest BCUT2D eigenvalue weighted by molar-refractivity contribution is 6.98. The monoisotopic (exact) mass is 541 g/mol. The zero-order chi connectivity index (χ0) is 27.8. The van der Waals surface area contributed by atoms with Crippen LogP contribution >= 0.6 is 0 Å². The largest absolute Gasteiger partial charge is 0.458 e. The van der Waals surface area contributed by atoms with Crippen LogP contribution in [0.1, 0.15) is 5.56 Å². The first-order valence-electron chi connectivity index (χ1n) is 14.2. The van der Waals surface area contributed by atoms with Crippen molar-refractivity contribution in [2.75, 3.05) is 4.90 Å². The van der Waals surface area contributed by atoms with Crippen molar-refractivity contribution in [1.29, 1.82) is 0 Å². The Balaban J connectivity index is 1.23. The van der Waals surface area contributed by atoms with Gasteiger partial charge >= 0.3 is 0 Å². The third kappa shape index (κ3) is 3.43. The van der Waals surface area contributed by atoms with Crippen LogP contribution in [0, 0.1) is 6.92 Å². The summed E-state index contributed by atoms with van der Waals surface area (Å²) in [6.07, 6.45) is 0. The zero-order valence-electron chi connectivity index (χ0n) is 22.9. The summed E-state index contributed by atoms with van der Waals surface area (Å²) in [5, 5.41) is 2.10. The Morgan fingerprint density at radius 2 is 1.17 bits per heavy atom. The minimum absolute atomic E-state index is 0.00317. The molecule has 0 saturated carbocycles. The van der Waals surface area contributed by atoms with Gasteiger partial charge in [0.1, 0.15) is 34.2 Å². The Bertz CT molecular complexity index is 2130. The van der Waals surface area contributed by atoms with Crippen molar-refractivity contribution >= 4 is 62.1 Å². The van der Waals surface area contributed by atoms with Crippen molar-refractivity contribution < 1.29 is 13.9 Å². The molecule has 0 atom stereocenters. The number of ether oxygens (including phenoxy) is 2. The molecular formula is C37H24BNO3. The van der Waals surface area contributed by atoms with Gasteiger partial charge in [-0.05, 0) is 84.6 Å². The van der Waals surface area contributed by atoms with Crippen molar-refractivity contribution in [3.05, 3.63) is 133 Å². The molecule has 2 aliphatic rings. The average Bonchev–Trinajstić information content (AvgIpc) is 3.38. The van der Waals surface area contributed by atoms with Crippen molar-refractivity contribution in [2.24, 2.45) is 0 Å². The molecule has 2 aliphatic heterocycles. The number of aryl methyl sites for hydroxylation is 1. The molecule has 1 aromatic heterocycles. The maximum Gasteiger partial charge on any atom is 0.260 e. The van der Waals surface area contributed by atoms with Crippen LogP contribution in [0.3, 0.4) is 0 Å². The molecule has 0 fully saturated rings. The van der Waals surface area contributed by atoms with Gasteiger partial charge in [0, 0.05) is 39.4 Å². The Hall–Kier alpha value is -5.42. The molecule has 198 valence electrons. The number of nitrogens with zero attached hydrogens (tertiary/aromatic N) is 1. The normalized spacial score (nSPS) is 12.7. The molecular weight excluding hydrogens is 517 g/mol. The maximum atomic E-state index is 6.61. The second-order valence-electron chi connectivity index (χ2n) is 11.0. The molecule has 3 heterocycles. The zero-order valence-corrected chi connectivity index (χ0v) is 22.9. The van der Waals surface area contributed by atoms with Gasteiger partial charge in [-0.2, -0.15) is 0 Å². The molecule has 5 heteroatoms. The highest BCUT2D eigenvalue weighted by Crippen LogP contribution is 2.41. The minimum Gasteiger partial charge on any atom is -0.458 e. The molecule has 9 rings (SSSR count). The fourth-order valence-electron chi connectivity index (χ4n) is 6.55. The third-order valence-electron chi connectivity index (χ3n) is 8.42. The van der Waals surface area contributed by atoms with Crippen LogP contribution in [-0.2, 0) is 0 Å². The number of benzene rings is 6. The summed E-state index contributed by atoms with van der Waals surface area (Å²) in [4.78, 5) is 2.25. The Kier molecular flexibility index (Phi) is 4.88. The Labute approximate surface area is 243 Å². The molecule has 42 heavy (non-hydrogen) atoms. The second-order valence-corrected chi connectivity index (χ2v) is 11.0. The molecule has 0 saturated heterocycles. The lowest BCUT2D eigenvalue weighted by Gasteiger charge is -2.32. The summed E-state index contributed by atoms with van der Waals surface area (Å²) in [5.41, 5.74) is 9.40. The summed E-state index contributed by atoms with van der Waals surface area (Å²) in [6.45, 7) is 2.12. The van der Waals surface area contributed by atoms with Gasteiger partial charge in [0.05, 0.1) is 0 Å². The average molecular weight is 541 g/mol. The highest BCUT2D eigenvalue weighted by Gasteiger charge is 2.40. The molecule has 0 spiro atoms. The van der Waals surface area contributed by atoms with Crippen LogP contribution in [-0.4, -0.2) is 6.71 Å². The standard InChI is InChI=1S/C37H24BNO3/c1-23-15-18-31-29(19-23)38-30-22-35-28(21-36(30)41-33-14-8-13-32(40-31)37(33)38)27-17-16-26(20-34(27)42-35)39(24-9-4-2-5-10-24)25-11-6-3-7-12-25/h2-22H,1H3. The van der Waals surface area contributed by atoms with E-state index in [0.717, 1.165) is 78.4 Å². The van der Waals surface area contributed by atoms with E-state index < -0.39 is 0 Å². The topological polar surface area (TPSA) is 34.8 Å². The number of rotatable bonds is 3. The summed E-state index contributed by atoms with van der Waals surface area (Å²) >= 11 is 0. The number of anilines is 3. The molecule has 0 radical (unpaired) electrons. The highest BCUT2D eigenvalue weighted by atomic mass is 16.5. The summed E-state index contributed by atoms with van der Waals surface area (Å²) in [5.74, 6) is 3.43. The number of hydrogen-bond donors (Lipinski definition) is 0. The molecule has 0 amide bonds. The van der Waals surface area contributed by atoms with Crippen LogP contribution in [0.25, 0.3) is 21.9 Å². The summed E-state index contributed by atoms with van der Waals surface area (Å²) in [7, 11) is 0. The maximum absolute atomic E-state index is 6.61. The fraction of sp³-hybridized carbons (Fsp3) is 0.0270. The number of furan rings is 1. The SMILES string of the molecule is Cc1ccc2c(c1)B1c3cc4oc5cc(N(c6ccccc6)c6ccccc6)ccc5c4cc3Oc3cccc(c31)O2. The summed E-state index contributed by atoms with van der Waals surface area (Å²) in [6, 6.07) is 44.0. The lowest BCUT2D eigenvalue weighted by Crippen LogP contribution is -2.57. The Morgan fingerprint density at radius 3 is 1.90 bits per heavy atom. The van der Waals surface area contributed by atoms with Gasteiger partial charge in [-0.3, -0.25) is 0 Å². The van der Waals surface area contributed by atoms with Crippen LogP contribution in [0.15, 0.2) is 132 Å². The van der Waals surface area contributed by atoms with Crippen LogP contribution < -0.4 is 30.8 Å². The molecule has 7 aromatic rings. The van der Waals surface area contributed by atoms with E-state index in [1.807, 2.05) is 30.3 Å². The quantitative estimate of drug-likeness (QED) is 0.212. The van der Waals surface area contributed by atoms with E-state index in [-0.39, 0.29) is 6.71 Å². The molecule has 0 bridgehead atoms. The van der Waals surface area contributed by atoms with Gasteiger partial charge in [0.25, 0.3) is 6.71 Å². The van der Waals surface area contributed by atoms with Crippen molar-refractivity contribution in [3.63, 3.8) is 0 Å². The molecule has 0 unspecified atom stereocenters. The fourth-order valence-corrected chi connectivity index (χ4v) is 6.55. The van der Waals surface area contributed by atoms with Gasteiger partial charge < -0.3 is 18.8 Å². The minimum atomic E-state index is 0.00317. The first kappa shape index (κ1) is 23.3. The van der Waals surface area contributed by atoms with E-state index in [0.29, 0.717) is 0 Å². The van der Waals surface area contributed by atoms with E-state index >= 15 is 0 Å². The van der Waals surface area contributed by atoms with Gasteiger partial charge in [0.15, 0.2) is 0 Å². The lowest BCUT2D eigenvalue weighted by atomic mass is 9.34. The molecule has 4 nitrogen and oxygen atoms in total. The Morgan fingerprint density at radius 1 is 0.500 bits per heavy atom. The number of hydrogen-bond acceptors (Lipinski definition) is 4. The van der Waals surface area contributed by atoms with Crippen molar-refractivity contribution in [3.8, 4) is 23.0 Å². The predicted octanol–water partition coefficient (Wildman–Crippen LogP) is 8.09. The van der Waals surface area contributed by atoms with Gasteiger partial charge in [-0.25, -0.2) is 0 Å². The predicted molar refractivity (Wildman–Crippen MR) is 171 cm³/mol. The smallest absolute Gasteiger partial charge is 0.260 e. The van der Waals surface area contributed by atoms with E-state index in [1.54, 1.807) is 0 Å². The molecule has 0 N–H and O–H groups in total. The first-order chi connectivity index (χ1) is 20.7. The number of fused-ring (bicyclic) bond motifs is 7. The van der Waals surface area contributed by atoms with Crippen LogP contribution in [0.5, 0.6) is 23.0 Å². The molecule has 6 aromatic carbocycles. The lowest BCUT2D eigenvalue weighted by molar-refractivity contribution is 0.464. The van der Waals surface area contributed by atoms with Gasteiger partial charge in [-0.15, -0.1) is 0 Å². The van der Waals surface area contributed by atoms with Gasteiger partial charge in [0.2, 0.25) is 0 Å². The molecule has 0 aliphatic carbocycles. The first-order valence-corrected chi connectivity index (χ1v) is 14.2. The van der Waals surface area contributed by atoms with Crippen molar-refractivity contribution in [2.45, 2.75) is 6.92 Å². The van der Waals surface area contributed by atoms with E-state index in [1.165, 1.54) is 5.56 Å². The van der Waals surface area contributed by atoms with E-state index in [4.69, 9.17) is 13.9 Å². The van der Waals surface area contributed by atoms with Gasteiger partial charge in [-0.1, -0.05) is 60.2 Å². The van der Waals surface area contributed by atoms with Crippen LogP contribution in [0.4, 0.5) is 17.1 Å².